The molecule has 0 aliphatic rings. The molecule has 0 aliphatic carbocycles. The van der Waals surface area contributed by atoms with E-state index in [1.54, 1.807) is 14.1 Å². The summed E-state index contributed by atoms with van der Waals surface area (Å²) in [5.74, 6) is 0.787. The number of aliphatic imine (C=N–C) groups is 1. The molecule has 1 rings (SSSR count). The van der Waals surface area contributed by atoms with Crippen LogP contribution in [0.15, 0.2) is 29.3 Å². The number of benzene rings is 1. The number of nitrogens with one attached hydrogen (secondary N) is 3. The first-order valence-corrected chi connectivity index (χ1v) is 9.38. The minimum absolute atomic E-state index is 0.0517. The lowest BCUT2D eigenvalue weighted by molar-refractivity contribution is 0.0963. The molecule has 5 nitrogen and oxygen atoms in total. The summed E-state index contributed by atoms with van der Waals surface area (Å²) < 4.78 is 0. The lowest BCUT2D eigenvalue weighted by Crippen LogP contribution is -2.42. The molecule has 0 aliphatic heterocycles. The van der Waals surface area contributed by atoms with Gasteiger partial charge in [0, 0.05) is 32.2 Å². The Hall–Kier alpha value is -2.04. The molecule has 5 heteroatoms. The molecule has 0 spiro atoms. The van der Waals surface area contributed by atoms with Crippen LogP contribution in [0.4, 0.5) is 0 Å². The zero-order chi connectivity index (χ0) is 18.5. The van der Waals surface area contributed by atoms with Gasteiger partial charge in [-0.15, -0.1) is 0 Å². The van der Waals surface area contributed by atoms with Crippen LogP contribution in [0.3, 0.4) is 0 Å². The second-order valence-electron chi connectivity index (χ2n) is 6.42. The van der Waals surface area contributed by atoms with Crippen LogP contribution in [-0.2, 0) is 6.42 Å². The maximum Gasteiger partial charge on any atom is 0.251 e. The van der Waals surface area contributed by atoms with Crippen LogP contribution in [0.1, 0.15) is 61.9 Å². The van der Waals surface area contributed by atoms with Gasteiger partial charge in [-0.2, -0.15) is 0 Å². The molecule has 0 heterocycles. The van der Waals surface area contributed by atoms with Crippen molar-refractivity contribution in [2.45, 2.75) is 58.4 Å². The van der Waals surface area contributed by atoms with E-state index < -0.39 is 0 Å². The number of hydrogen-bond acceptors (Lipinski definition) is 2. The van der Waals surface area contributed by atoms with E-state index in [9.17, 15) is 4.79 Å². The van der Waals surface area contributed by atoms with Gasteiger partial charge in [0.2, 0.25) is 0 Å². The van der Waals surface area contributed by atoms with Gasteiger partial charge in [0.05, 0.1) is 0 Å². The monoisotopic (exact) mass is 346 g/mol. The molecule has 0 saturated heterocycles. The second kappa shape index (κ2) is 12.3. The summed E-state index contributed by atoms with van der Waals surface area (Å²) in [6, 6.07) is 8.15. The van der Waals surface area contributed by atoms with Crippen LogP contribution >= 0.6 is 0 Å². The molecular weight excluding hydrogens is 312 g/mol. The molecule has 0 aromatic heterocycles. The number of carbonyl (C=O) groups excluding carboxylic acids is 1. The van der Waals surface area contributed by atoms with Crippen molar-refractivity contribution in [2.24, 2.45) is 4.99 Å². The first-order chi connectivity index (χ1) is 12.1. The summed E-state index contributed by atoms with van der Waals surface area (Å²) in [4.78, 5) is 16.0. The highest BCUT2D eigenvalue weighted by Gasteiger charge is 2.06. The van der Waals surface area contributed by atoms with E-state index in [-0.39, 0.29) is 5.91 Å². The van der Waals surface area contributed by atoms with Crippen LogP contribution in [-0.4, -0.2) is 38.5 Å². The summed E-state index contributed by atoms with van der Waals surface area (Å²) in [6.07, 6.45) is 7.15. The highest BCUT2D eigenvalue weighted by Crippen LogP contribution is 2.06. The zero-order valence-electron chi connectivity index (χ0n) is 16.2. The van der Waals surface area contributed by atoms with Gasteiger partial charge in [-0.3, -0.25) is 9.79 Å². The van der Waals surface area contributed by atoms with Crippen LogP contribution in [0.2, 0.25) is 0 Å². The van der Waals surface area contributed by atoms with Crippen LogP contribution < -0.4 is 16.0 Å². The molecule has 0 radical (unpaired) electrons. The van der Waals surface area contributed by atoms with E-state index in [0.717, 1.165) is 30.9 Å². The minimum Gasteiger partial charge on any atom is -0.356 e. The Morgan fingerprint density at radius 3 is 2.72 bits per heavy atom. The SMILES string of the molecule is CCCCCCC(C)NC(=NC)NCCc1cccc(C(=O)NC)c1. The molecule has 0 saturated carbocycles. The predicted molar refractivity (Wildman–Crippen MR) is 106 cm³/mol. The molecule has 1 amide bonds. The third kappa shape index (κ3) is 8.57. The average Bonchev–Trinajstić information content (AvgIpc) is 2.64. The molecule has 1 aromatic rings. The Morgan fingerprint density at radius 1 is 1.24 bits per heavy atom. The molecular formula is C20H34N4O. The van der Waals surface area contributed by atoms with Gasteiger partial charge >= 0.3 is 0 Å². The first kappa shape index (κ1) is 21.0. The highest BCUT2D eigenvalue weighted by atomic mass is 16.1. The van der Waals surface area contributed by atoms with Gasteiger partial charge in [0.25, 0.3) is 5.91 Å². The normalized spacial score (nSPS) is 12.6. The molecule has 0 bridgehead atoms. The molecule has 1 aromatic carbocycles. The largest absolute Gasteiger partial charge is 0.356 e. The van der Waals surface area contributed by atoms with Gasteiger partial charge in [0.1, 0.15) is 0 Å². The fraction of sp³-hybridized carbons (Fsp3) is 0.600. The number of carbonyl (C=O) groups is 1. The summed E-state index contributed by atoms with van der Waals surface area (Å²) in [5.41, 5.74) is 1.83. The second-order valence-corrected chi connectivity index (χ2v) is 6.42. The summed E-state index contributed by atoms with van der Waals surface area (Å²) in [6.45, 7) is 5.21. The average molecular weight is 347 g/mol. The van der Waals surface area contributed by atoms with Gasteiger partial charge in [-0.05, 0) is 37.5 Å². The standard InChI is InChI=1S/C20H34N4O/c1-5-6-7-8-10-16(2)24-20(22-4)23-14-13-17-11-9-12-18(15-17)19(25)21-3/h9,11-12,15-16H,5-8,10,13-14H2,1-4H3,(H,21,25)(H2,22,23,24). The van der Waals surface area contributed by atoms with Crippen molar-refractivity contribution >= 4 is 11.9 Å². The van der Waals surface area contributed by atoms with E-state index in [4.69, 9.17) is 0 Å². The van der Waals surface area contributed by atoms with Crippen molar-refractivity contribution in [2.75, 3.05) is 20.6 Å². The summed E-state index contributed by atoms with van der Waals surface area (Å²) >= 11 is 0. The maximum absolute atomic E-state index is 11.7. The number of nitrogens with zero attached hydrogens (tertiary/aromatic N) is 1. The van der Waals surface area contributed by atoms with Gasteiger partial charge < -0.3 is 16.0 Å². The number of guanidine groups is 1. The Labute approximate surface area is 152 Å². The Morgan fingerprint density at radius 2 is 2.04 bits per heavy atom. The number of rotatable bonds is 10. The fourth-order valence-corrected chi connectivity index (χ4v) is 2.72. The van der Waals surface area contributed by atoms with E-state index in [1.807, 2.05) is 24.3 Å². The molecule has 1 atom stereocenters. The van der Waals surface area contributed by atoms with Crippen LogP contribution in [0, 0.1) is 0 Å². The third-order valence-electron chi connectivity index (χ3n) is 4.22. The van der Waals surface area contributed by atoms with E-state index in [0.29, 0.717) is 11.6 Å². The Kier molecular flexibility index (Phi) is 10.4. The maximum atomic E-state index is 11.7. The van der Waals surface area contributed by atoms with Crippen molar-refractivity contribution in [1.82, 2.24) is 16.0 Å². The zero-order valence-corrected chi connectivity index (χ0v) is 16.2. The molecule has 25 heavy (non-hydrogen) atoms. The predicted octanol–water partition coefficient (Wildman–Crippen LogP) is 3.11. The van der Waals surface area contributed by atoms with Crippen molar-refractivity contribution in [3.8, 4) is 0 Å². The lowest BCUT2D eigenvalue weighted by atomic mass is 10.1. The molecule has 140 valence electrons. The molecule has 1 unspecified atom stereocenters. The Bertz CT molecular complexity index is 542. The summed E-state index contributed by atoms with van der Waals surface area (Å²) in [5, 5.41) is 9.45. The Balaban J connectivity index is 2.36. The van der Waals surface area contributed by atoms with Crippen molar-refractivity contribution < 1.29 is 4.79 Å². The van der Waals surface area contributed by atoms with Gasteiger partial charge in [0.15, 0.2) is 5.96 Å². The first-order valence-electron chi connectivity index (χ1n) is 9.38. The molecule has 0 fully saturated rings. The third-order valence-corrected chi connectivity index (χ3v) is 4.22. The van der Waals surface area contributed by atoms with Crippen molar-refractivity contribution in [3.05, 3.63) is 35.4 Å². The van der Waals surface area contributed by atoms with Crippen molar-refractivity contribution in [1.29, 1.82) is 0 Å². The van der Waals surface area contributed by atoms with Gasteiger partial charge in [-0.1, -0.05) is 44.7 Å². The number of unbranched alkanes of at least 4 members (excludes halogenated alkanes) is 3. The van der Waals surface area contributed by atoms with E-state index >= 15 is 0 Å². The van der Waals surface area contributed by atoms with E-state index in [2.05, 4.69) is 34.8 Å². The highest BCUT2D eigenvalue weighted by molar-refractivity contribution is 5.94. The number of hydrogen-bond donors (Lipinski definition) is 3. The van der Waals surface area contributed by atoms with Crippen LogP contribution in [0.5, 0.6) is 0 Å². The van der Waals surface area contributed by atoms with E-state index in [1.165, 1.54) is 25.7 Å². The quantitative estimate of drug-likeness (QED) is 0.346. The van der Waals surface area contributed by atoms with Crippen LogP contribution in [0.25, 0.3) is 0 Å². The smallest absolute Gasteiger partial charge is 0.251 e. The lowest BCUT2D eigenvalue weighted by Gasteiger charge is -2.18. The summed E-state index contributed by atoms with van der Waals surface area (Å²) in [7, 11) is 3.45. The topological polar surface area (TPSA) is 65.5 Å². The molecule has 3 N–H and O–H groups in total. The fourth-order valence-electron chi connectivity index (χ4n) is 2.72. The minimum atomic E-state index is -0.0517. The van der Waals surface area contributed by atoms with Gasteiger partial charge in [-0.25, -0.2) is 0 Å². The number of amides is 1. The van der Waals surface area contributed by atoms with Crippen molar-refractivity contribution in [3.63, 3.8) is 0 Å².